The molecule has 5 nitrogen and oxygen atoms in total. The van der Waals surface area contributed by atoms with Crippen molar-refractivity contribution in [1.82, 2.24) is 9.80 Å². The molecule has 0 N–H and O–H groups in total. The van der Waals surface area contributed by atoms with Crippen molar-refractivity contribution in [2.75, 3.05) is 19.6 Å². The van der Waals surface area contributed by atoms with Gasteiger partial charge in [0, 0.05) is 25.7 Å². The second-order valence-corrected chi connectivity index (χ2v) is 7.59. The van der Waals surface area contributed by atoms with Gasteiger partial charge in [0.2, 0.25) is 0 Å². The normalized spacial score (nSPS) is 23.9. The molecule has 0 saturated carbocycles. The van der Waals surface area contributed by atoms with Gasteiger partial charge in [-0.05, 0) is 51.3 Å². The lowest BCUT2D eigenvalue weighted by Crippen LogP contribution is -2.62. The minimum Gasteiger partial charge on any atom is -0.360 e. The summed E-state index contributed by atoms with van der Waals surface area (Å²) >= 11 is 0. The van der Waals surface area contributed by atoms with E-state index >= 15 is 0 Å². The summed E-state index contributed by atoms with van der Waals surface area (Å²) in [7, 11) is 0. The summed E-state index contributed by atoms with van der Waals surface area (Å²) in [6.45, 7) is 9.55. The monoisotopic (exact) mass is 341 g/mol. The van der Waals surface area contributed by atoms with E-state index in [0.29, 0.717) is 12.1 Å². The van der Waals surface area contributed by atoms with Crippen LogP contribution in [0.1, 0.15) is 44.7 Å². The van der Waals surface area contributed by atoms with Crippen molar-refractivity contribution >= 4 is 5.91 Å². The SMILES string of the molecule is CC(C)N1CC2(CCN(Cc3ccc(C#N)cc3)CC2)O[C@H](C)C1=O. The lowest BCUT2D eigenvalue weighted by molar-refractivity contribution is -0.193. The Labute approximate surface area is 150 Å². The van der Waals surface area contributed by atoms with Crippen LogP contribution >= 0.6 is 0 Å². The fourth-order valence-electron chi connectivity index (χ4n) is 3.86. The lowest BCUT2D eigenvalue weighted by atomic mass is 9.87. The van der Waals surface area contributed by atoms with Crippen LogP contribution in [-0.2, 0) is 16.1 Å². The number of amides is 1. The number of benzene rings is 1. The zero-order valence-electron chi connectivity index (χ0n) is 15.4. The van der Waals surface area contributed by atoms with Crippen LogP contribution < -0.4 is 0 Å². The van der Waals surface area contributed by atoms with Crippen molar-refractivity contribution in [3.63, 3.8) is 0 Å². The van der Waals surface area contributed by atoms with Crippen LogP contribution in [0.15, 0.2) is 24.3 Å². The van der Waals surface area contributed by atoms with Gasteiger partial charge >= 0.3 is 0 Å². The second-order valence-electron chi connectivity index (χ2n) is 7.59. The van der Waals surface area contributed by atoms with Gasteiger partial charge in [0.05, 0.1) is 23.8 Å². The van der Waals surface area contributed by atoms with Crippen molar-refractivity contribution in [2.24, 2.45) is 0 Å². The van der Waals surface area contributed by atoms with E-state index in [2.05, 4.69) is 24.8 Å². The number of carbonyl (C=O) groups excluding carboxylic acids is 1. The zero-order chi connectivity index (χ0) is 18.0. The fraction of sp³-hybridized carbons (Fsp3) is 0.600. The van der Waals surface area contributed by atoms with E-state index in [0.717, 1.165) is 32.5 Å². The number of piperidine rings is 1. The molecule has 1 amide bonds. The average Bonchev–Trinajstić information content (AvgIpc) is 2.61. The molecule has 2 heterocycles. The lowest BCUT2D eigenvalue weighted by Gasteiger charge is -2.50. The van der Waals surface area contributed by atoms with Gasteiger partial charge in [0.1, 0.15) is 6.10 Å². The van der Waals surface area contributed by atoms with E-state index in [1.165, 1.54) is 5.56 Å². The van der Waals surface area contributed by atoms with Gasteiger partial charge in [0.15, 0.2) is 0 Å². The molecule has 2 aliphatic heterocycles. The Kier molecular flexibility index (Phi) is 5.12. The molecule has 0 aromatic heterocycles. The number of ether oxygens (including phenoxy) is 1. The van der Waals surface area contributed by atoms with Crippen LogP contribution in [0.3, 0.4) is 0 Å². The quantitative estimate of drug-likeness (QED) is 0.848. The average molecular weight is 341 g/mol. The molecule has 1 spiro atoms. The molecule has 0 bridgehead atoms. The minimum absolute atomic E-state index is 0.112. The van der Waals surface area contributed by atoms with Crippen LogP contribution in [0.4, 0.5) is 0 Å². The van der Waals surface area contributed by atoms with Crippen molar-refractivity contribution in [2.45, 2.75) is 57.9 Å². The zero-order valence-corrected chi connectivity index (χ0v) is 15.4. The summed E-state index contributed by atoms with van der Waals surface area (Å²) in [5, 5.41) is 8.89. The van der Waals surface area contributed by atoms with Gasteiger partial charge in [-0.1, -0.05) is 12.1 Å². The number of hydrogen-bond acceptors (Lipinski definition) is 4. The number of hydrogen-bond donors (Lipinski definition) is 0. The second kappa shape index (κ2) is 7.15. The molecular weight excluding hydrogens is 314 g/mol. The Bertz CT molecular complexity index is 655. The smallest absolute Gasteiger partial charge is 0.251 e. The summed E-state index contributed by atoms with van der Waals surface area (Å²) < 4.78 is 6.18. The van der Waals surface area contributed by atoms with E-state index in [1.807, 2.05) is 36.1 Å². The van der Waals surface area contributed by atoms with E-state index in [9.17, 15) is 4.79 Å². The minimum atomic E-state index is -0.346. The molecule has 2 saturated heterocycles. The Balaban J connectivity index is 1.60. The third-order valence-electron chi connectivity index (χ3n) is 5.40. The third kappa shape index (κ3) is 3.86. The van der Waals surface area contributed by atoms with Crippen molar-refractivity contribution in [3.05, 3.63) is 35.4 Å². The van der Waals surface area contributed by atoms with Crippen molar-refractivity contribution < 1.29 is 9.53 Å². The van der Waals surface area contributed by atoms with Crippen LogP contribution in [0.2, 0.25) is 0 Å². The molecule has 0 radical (unpaired) electrons. The molecule has 3 rings (SSSR count). The van der Waals surface area contributed by atoms with Crippen LogP contribution in [0.25, 0.3) is 0 Å². The third-order valence-corrected chi connectivity index (χ3v) is 5.40. The molecule has 2 fully saturated rings. The number of likely N-dealkylation sites (tertiary alicyclic amines) is 1. The summed E-state index contributed by atoms with van der Waals surface area (Å²) in [6, 6.07) is 10.2. The van der Waals surface area contributed by atoms with E-state index in [4.69, 9.17) is 10.00 Å². The van der Waals surface area contributed by atoms with Gasteiger partial charge in [0.25, 0.3) is 5.91 Å². The topological polar surface area (TPSA) is 56.6 Å². The molecule has 25 heavy (non-hydrogen) atoms. The van der Waals surface area contributed by atoms with Gasteiger partial charge in [-0.25, -0.2) is 0 Å². The van der Waals surface area contributed by atoms with E-state index in [-0.39, 0.29) is 23.7 Å². The van der Waals surface area contributed by atoms with Gasteiger partial charge in [-0.2, -0.15) is 5.26 Å². The number of morpholine rings is 1. The van der Waals surface area contributed by atoms with Gasteiger partial charge in [-0.3, -0.25) is 9.69 Å². The first kappa shape index (κ1) is 17.9. The largest absolute Gasteiger partial charge is 0.360 e. The summed E-state index contributed by atoms with van der Waals surface area (Å²) in [6.07, 6.45) is 1.55. The highest BCUT2D eigenvalue weighted by atomic mass is 16.5. The fourth-order valence-corrected chi connectivity index (χ4v) is 3.86. The Hall–Kier alpha value is -1.90. The van der Waals surface area contributed by atoms with Gasteiger partial charge in [-0.15, -0.1) is 0 Å². The summed E-state index contributed by atoms with van der Waals surface area (Å²) in [4.78, 5) is 16.7. The van der Waals surface area contributed by atoms with Crippen LogP contribution in [-0.4, -0.2) is 53.1 Å². The maximum absolute atomic E-state index is 12.3. The standard InChI is InChI=1S/C20H27N3O2/c1-15(2)23-14-20(25-16(3)19(23)24)8-10-22(11-9-20)13-18-6-4-17(12-21)5-7-18/h4-7,15-16H,8-11,13-14H2,1-3H3/t16-/m1/s1. The highest BCUT2D eigenvalue weighted by Gasteiger charge is 2.45. The molecule has 1 aromatic rings. The van der Waals surface area contributed by atoms with Crippen molar-refractivity contribution in [3.8, 4) is 6.07 Å². The Morgan fingerprint density at radius 2 is 1.92 bits per heavy atom. The highest BCUT2D eigenvalue weighted by Crippen LogP contribution is 2.34. The van der Waals surface area contributed by atoms with Crippen LogP contribution in [0.5, 0.6) is 0 Å². The maximum atomic E-state index is 12.3. The molecule has 0 unspecified atom stereocenters. The molecular formula is C20H27N3O2. The highest BCUT2D eigenvalue weighted by molar-refractivity contribution is 5.81. The number of nitriles is 1. The predicted molar refractivity (Wildman–Crippen MR) is 95.8 cm³/mol. The summed E-state index contributed by atoms with van der Waals surface area (Å²) in [5.41, 5.74) is 1.73. The predicted octanol–water partition coefficient (Wildman–Crippen LogP) is 2.55. The maximum Gasteiger partial charge on any atom is 0.251 e. The van der Waals surface area contributed by atoms with E-state index in [1.54, 1.807) is 0 Å². The molecule has 2 aliphatic rings. The van der Waals surface area contributed by atoms with Crippen molar-refractivity contribution in [1.29, 1.82) is 5.26 Å². The number of rotatable bonds is 3. The number of nitrogens with zero attached hydrogens (tertiary/aromatic N) is 3. The van der Waals surface area contributed by atoms with Gasteiger partial charge < -0.3 is 9.64 Å². The van der Waals surface area contributed by atoms with Crippen LogP contribution in [0, 0.1) is 11.3 Å². The molecule has 1 atom stereocenters. The molecule has 134 valence electrons. The number of carbonyl (C=O) groups is 1. The Morgan fingerprint density at radius 3 is 2.48 bits per heavy atom. The molecule has 5 heteroatoms. The first-order chi connectivity index (χ1) is 11.9. The Morgan fingerprint density at radius 1 is 1.28 bits per heavy atom. The molecule has 1 aromatic carbocycles. The first-order valence-electron chi connectivity index (χ1n) is 9.12. The van der Waals surface area contributed by atoms with E-state index < -0.39 is 0 Å². The summed E-state index contributed by atoms with van der Waals surface area (Å²) in [5.74, 6) is 0.112. The first-order valence-corrected chi connectivity index (χ1v) is 9.12. The molecule has 0 aliphatic carbocycles.